The van der Waals surface area contributed by atoms with Crippen LogP contribution in [0.2, 0.25) is 0 Å². The molecule has 3 nitrogen and oxygen atoms in total. The molecule has 1 atom stereocenters. The fourth-order valence-electron chi connectivity index (χ4n) is 3.48. The summed E-state index contributed by atoms with van der Waals surface area (Å²) in [4.78, 5) is 14.7. The largest absolute Gasteiger partial charge is 0.389 e. The maximum atomic E-state index is 13.1. The molecule has 0 aromatic heterocycles. The van der Waals surface area contributed by atoms with Crippen molar-refractivity contribution in [2.75, 3.05) is 13.1 Å². The minimum absolute atomic E-state index is 0.0110. The summed E-state index contributed by atoms with van der Waals surface area (Å²) >= 11 is 0. The Morgan fingerprint density at radius 3 is 2.32 bits per heavy atom. The summed E-state index contributed by atoms with van der Waals surface area (Å²) in [5, 5.41) is 10.8. The average molecular weight is 341 g/mol. The number of rotatable bonds is 5. The number of piperidine rings is 1. The number of benzene rings is 2. The van der Waals surface area contributed by atoms with Gasteiger partial charge in [-0.15, -0.1) is 0 Å². The van der Waals surface area contributed by atoms with Gasteiger partial charge in [0, 0.05) is 31.1 Å². The van der Waals surface area contributed by atoms with E-state index >= 15 is 0 Å². The molecule has 1 aliphatic heterocycles. The third kappa shape index (κ3) is 4.33. The van der Waals surface area contributed by atoms with E-state index in [1.807, 2.05) is 18.2 Å². The Kier molecular flexibility index (Phi) is 5.30. The number of hydrogen-bond donors (Lipinski definition) is 1. The van der Waals surface area contributed by atoms with Crippen molar-refractivity contribution in [2.24, 2.45) is 0 Å². The second-order valence-electron chi connectivity index (χ2n) is 6.95. The number of ketones is 1. The Labute approximate surface area is 148 Å². The van der Waals surface area contributed by atoms with E-state index in [4.69, 9.17) is 0 Å². The number of nitrogens with zero attached hydrogens (tertiary/aromatic N) is 1. The summed E-state index contributed by atoms with van der Waals surface area (Å²) in [6, 6.07) is 15.9. The minimum atomic E-state index is -0.939. The third-order valence-electron chi connectivity index (χ3n) is 5.21. The topological polar surface area (TPSA) is 40.5 Å². The van der Waals surface area contributed by atoms with Gasteiger partial charge in [0.2, 0.25) is 0 Å². The number of aliphatic hydroxyl groups is 1. The average Bonchev–Trinajstić information content (AvgIpc) is 2.63. The maximum absolute atomic E-state index is 13.1. The zero-order chi connectivity index (χ0) is 17.9. The molecule has 3 rings (SSSR count). The van der Waals surface area contributed by atoms with Gasteiger partial charge in [0.1, 0.15) is 5.82 Å². The van der Waals surface area contributed by atoms with Crippen LogP contribution >= 0.6 is 0 Å². The van der Waals surface area contributed by atoms with Crippen molar-refractivity contribution in [1.82, 2.24) is 4.90 Å². The second kappa shape index (κ2) is 7.46. The molecule has 4 heteroatoms. The molecule has 1 fully saturated rings. The lowest BCUT2D eigenvalue weighted by atomic mass is 9.84. The predicted molar refractivity (Wildman–Crippen MR) is 96.0 cm³/mol. The van der Waals surface area contributed by atoms with Crippen LogP contribution in [-0.4, -0.2) is 34.5 Å². The standard InChI is InChI=1S/C21H24FNO2/c1-16(17-7-9-19(22)10-8-17)23-13-11-21(25,12-14-23)15-20(24)18-5-3-2-4-6-18/h2-10,16,25H,11-15H2,1H3. The monoisotopic (exact) mass is 341 g/mol. The van der Waals surface area contributed by atoms with Crippen LogP contribution in [0.4, 0.5) is 4.39 Å². The Morgan fingerprint density at radius 1 is 1.12 bits per heavy atom. The van der Waals surface area contributed by atoms with E-state index in [2.05, 4.69) is 11.8 Å². The molecule has 1 heterocycles. The summed E-state index contributed by atoms with van der Waals surface area (Å²) in [5.41, 5.74) is 0.775. The molecule has 1 aliphatic rings. The highest BCUT2D eigenvalue weighted by atomic mass is 19.1. The highest BCUT2D eigenvalue weighted by Crippen LogP contribution is 2.31. The van der Waals surface area contributed by atoms with E-state index in [0.29, 0.717) is 18.4 Å². The van der Waals surface area contributed by atoms with Crippen molar-refractivity contribution >= 4 is 5.78 Å². The second-order valence-corrected chi connectivity index (χ2v) is 6.95. The van der Waals surface area contributed by atoms with E-state index in [-0.39, 0.29) is 24.1 Å². The molecular formula is C21H24FNO2. The van der Waals surface area contributed by atoms with E-state index < -0.39 is 5.60 Å². The number of halogens is 1. The van der Waals surface area contributed by atoms with E-state index in [1.54, 1.807) is 24.3 Å². The maximum Gasteiger partial charge on any atom is 0.165 e. The molecule has 0 radical (unpaired) electrons. The number of hydrogen-bond acceptors (Lipinski definition) is 3. The molecule has 1 N–H and O–H groups in total. The van der Waals surface area contributed by atoms with Crippen LogP contribution in [0, 0.1) is 5.82 Å². The zero-order valence-electron chi connectivity index (χ0n) is 14.5. The summed E-state index contributed by atoms with van der Waals surface area (Å²) in [6.45, 7) is 3.53. The Balaban J connectivity index is 1.58. The minimum Gasteiger partial charge on any atom is -0.389 e. The lowest BCUT2D eigenvalue weighted by molar-refractivity contribution is -0.0303. The Morgan fingerprint density at radius 2 is 1.72 bits per heavy atom. The molecular weight excluding hydrogens is 317 g/mol. The van der Waals surface area contributed by atoms with Crippen LogP contribution in [0.25, 0.3) is 0 Å². The first-order valence-electron chi connectivity index (χ1n) is 8.77. The lowest BCUT2D eigenvalue weighted by Gasteiger charge is -2.40. The molecule has 0 bridgehead atoms. The predicted octanol–water partition coefficient (Wildman–Crippen LogP) is 3.99. The lowest BCUT2D eigenvalue weighted by Crippen LogP contribution is -2.46. The summed E-state index contributed by atoms with van der Waals surface area (Å²) in [5.74, 6) is -0.244. The molecule has 132 valence electrons. The van der Waals surface area contributed by atoms with Gasteiger partial charge >= 0.3 is 0 Å². The summed E-state index contributed by atoms with van der Waals surface area (Å²) in [7, 11) is 0. The van der Waals surface area contributed by atoms with Crippen LogP contribution in [0.15, 0.2) is 54.6 Å². The van der Waals surface area contributed by atoms with Gasteiger partial charge in [0.05, 0.1) is 5.60 Å². The van der Waals surface area contributed by atoms with Gasteiger partial charge in [-0.3, -0.25) is 9.69 Å². The fourth-order valence-corrected chi connectivity index (χ4v) is 3.48. The first kappa shape index (κ1) is 17.8. The fraction of sp³-hybridized carbons (Fsp3) is 0.381. The van der Waals surface area contributed by atoms with Gasteiger partial charge in [-0.2, -0.15) is 0 Å². The highest BCUT2D eigenvalue weighted by Gasteiger charge is 2.35. The molecule has 2 aromatic carbocycles. The van der Waals surface area contributed by atoms with Crippen molar-refractivity contribution in [1.29, 1.82) is 0 Å². The quantitative estimate of drug-likeness (QED) is 0.836. The van der Waals surface area contributed by atoms with Crippen molar-refractivity contribution < 1.29 is 14.3 Å². The van der Waals surface area contributed by atoms with Crippen LogP contribution < -0.4 is 0 Å². The van der Waals surface area contributed by atoms with E-state index in [1.165, 1.54) is 12.1 Å². The van der Waals surface area contributed by atoms with Crippen LogP contribution in [0.3, 0.4) is 0 Å². The number of likely N-dealkylation sites (tertiary alicyclic amines) is 1. The molecule has 2 aromatic rings. The summed E-state index contributed by atoms with van der Waals surface area (Å²) < 4.78 is 13.1. The van der Waals surface area contributed by atoms with Crippen molar-refractivity contribution in [2.45, 2.75) is 37.8 Å². The molecule has 0 amide bonds. The molecule has 25 heavy (non-hydrogen) atoms. The molecule has 0 saturated carbocycles. The van der Waals surface area contributed by atoms with Gasteiger partial charge in [-0.05, 0) is 37.5 Å². The normalized spacial score (nSPS) is 18.7. The van der Waals surface area contributed by atoms with Gasteiger partial charge in [-0.25, -0.2) is 4.39 Å². The molecule has 1 saturated heterocycles. The summed E-state index contributed by atoms with van der Waals surface area (Å²) in [6.07, 6.45) is 1.30. The molecule has 1 unspecified atom stereocenters. The van der Waals surface area contributed by atoms with Crippen LogP contribution in [0.5, 0.6) is 0 Å². The Bertz CT molecular complexity index is 706. The van der Waals surface area contributed by atoms with Crippen LogP contribution in [-0.2, 0) is 0 Å². The SMILES string of the molecule is CC(c1ccc(F)cc1)N1CCC(O)(CC(=O)c2ccccc2)CC1. The molecule has 0 spiro atoms. The Hall–Kier alpha value is -2.04. The van der Waals surface area contributed by atoms with Crippen molar-refractivity contribution in [3.63, 3.8) is 0 Å². The number of carbonyl (C=O) groups excluding carboxylic acids is 1. The van der Waals surface area contributed by atoms with Gasteiger partial charge in [-0.1, -0.05) is 42.5 Å². The number of carbonyl (C=O) groups is 1. The van der Waals surface area contributed by atoms with Gasteiger partial charge in [0.15, 0.2) is 5.78 Å². The van der Waals surface area contributed by atoms with Crippen molar-refractivity contribution in [3.05, 3.63) is 71.5 Å². The van der Waals surface area contributed by atoms with E-state index in [0.717, 1.165) is 18.7 Å². The number of Topliss-reactive ketones (excluding diaryl/α,β-unsaturated/α-hetero) is 1. The van der Waals surface area contributed by atoms with Gasteiger partial charge < -0.3 is 5.11 Å². The van der Waals surface area contributed by atoms with Crippen LogP contribution in [0.1, 0.15) is 48.1 Å². The smallest absolute Gasteiger partial charge is 0.165 e. The van der Waals surface area contributed by atoms with Crippen molar-refractivity contribution in [3.8, 4) is 0 Å². The van der Waals surface area contributed by atoms with Gasteiger partial charge in [0.25, 0.3) is 0 Å². The third-order valence-corrected chi connectivity index (χ3v) is 5.21. The van der Waals surface area contributed by atoms with E-state index in [9.17, 15) is 14.3 Å². The molecule has 0 aliphatic carbocycles. The zero-order valence-corrected chi connectivity index (χ0v) is 14.5. The first-order chi connectivity index (χ1) is 12.0. The highest BCUT2D eigenvalue weighted by molar-refractivity contribution is 5.96. The first-order valence-corrected chi connectivity index (χ1v) is 8.77.